The molecule has 4 rings (SSSR count). The summed E-state index contributed by atoms with van der Waals surface area (Å²) in [6.45, 7) is 2.99. The molecule has 0 bridgehead atoms. The highest BCUT2D eigenvalue weighted by Crippen LogP contribution is 2.35. The molecule has 0 spiro atoms. The second-order valence-corrected chi connectivity index (χ2v) is 7.93. The number of nitrogens with zero attached hydrogens (tertiary/aromatic N) is 1. The van der Waals surface area contributed by atoms with E-state index >= 15 is 0 Å². The molecule has 30 heavy (non-hydrogen) atoms. The molecule has 0 fully saturated rings. The molecule has 0 aliphatic rings. The molecule has 0 saturated carbocycles. The third-order valence-electron chi connectivity index (χ3n) is 4.77. The number of benzene rings is 3. The Hall–Kier alpha value is -3.11. The van der Waals surface area contributed by atoms with Crippen LogP contribution >= 0.6 is 15.9 Å². The molecule has 150 valence electrons. The van der Waals surface area contributed by atoms with Crippen LogP contribution in [0.2, 0.25) is 0 Å². The highest BCUT2D eigenvalue weighted by Gasteiger charge is 2.13. The lowest BCUT2D eigenvalue weighted by Gasteiger charge is -2.15. The van der Waals surface area contributed by atoms with Crippen molar-refractivity contribution >= 4 is 15.9 Å². The van der Waals surface area contributed by atoms with Crippen molar-refractivity contribution in [3.63, 3.8) is 0 Å². The summed E-state index contributed by atoms with van der Waals surface area (Å²) in [5, 5.41) is 0. The van der Waals surface area contributed by atoms with Crippen LogP contribution in [0.1, 0.15) is 16.7 Å². The summed E-state index contributed by atoms with van der Waals surface area (Å²) in [5.74, 6) is 1.10. The van der Waals surface area contributed by atoms with Gasteiger partial charge >= 0.3 is 0 Å². The Morgan fingerprint density at radius 2 is 1.33 bits per heavy atom. The Balaban J connectivity index is 1.63. The molecule has 0 amide bonds. The van der Waals surface area contributed by atoms with Gasteiger partial charge in [-0.25, -0.2) is 0 Å². The van der Waals surface area contributed by atoms with E-state index in [1.165, 1.54) is 0 Å². The Kier molecular flexibility index (Phi) is 6.45. The van der Waals surface area contributed by atoms with Crippen molar-refractivity contribution in [2.45, 2.75) is 20.1 Å². The van der Waals surface area contributed by atoms with Gasteiger partial charge in [0.25, 0.3) is 0 Å². The lowest BCUT2D eigenvalue weighted by atomic mass is 10.0. The zero-order valence-electron chi connectivity index (χ0n) is 16.7. The van der Waals surface area contributed by atoms with Gasteiger partial charge in [0.2, 0.25) is 11.8 Å². The van der Waals surface area contributed by atoms with E-state index in [4.69, 9.17) is 14.5 Å². The number of ether oxygens (including phenoxy) is 2. The lowest BCUT2D eigenvalue weighted by Crippen LogP contribution is -2.02. The SMILES string of the molecule is Cc1ccc(Br)cc1-c1ccc(OCc2ccccc2)nc1OCc1ccccc1. The van der Waals surface area contributed by atoms with Crippen molar-refractivity contribution in [1.29, 1.82) is 0 Å². The summed E-state index contributed by atoms with van der Waals surface area (Å²) in [6.07, 6.45) is 0. The fourth-order valence-electron chi connectivity index (χ4n) is 3.16. The predicted molar refractivity (Wildman–Crippen MR) is 124 cm³/mol. The van der Waals surface area contributed by atoms with Gasteiger partial charge in [0.1, 0.15) is 13.2 Å². The number of halogens is 1. The number of hydrogen-bond acceptors (Lipinski definition) is 3. The molecule has 0 saturated heterocycles. The van der Waals surface area contributed by atoms with Crippen LogP contribution in [0.3, 0.4) is 0 Å². The van der Waals surface area contributed by atoms with E-state index in [1.807, 2.05) is 78.9 Å². The van der Waals surface area contributed by atoms with Gasteiger partial charge in [-0.2, -0.15) is 4.98 Å². The van der Waals surface area contributed by atoms with Gasteiger partial charge in [-0.05, 0) is 47.4 Å². The first-order chi connectivity index (χ1) is 14.7. The molecule has 0 aliphatic carbocycles. The Labute approximate surface area is 185 Å². The molecule has 4 aromatic rings. The Morgan fingerprint density at radius 1 is 0.700 bits per heavy atom. The average molecular weight is 460 g/mol. The molecule has 0 radical (unpaired) electrons. The largest absolute Gasteiger partial charge is 0.473 e. The number of pyridine rings is 1. The van der Waals surface area contributed by atoms with Crippen molar-refractivity contribution in [2.75, 3.05) is 0 Å². The first kappa shape index (κ1) is 20.2. The van der Waals surface area contributed by atoms with E-state index in [-0.39, 0.29) is 0 Å². The van der Waals surface area contributed by atoms with Crippen LogP contribution in [0, 0.1) is 6.92 Å². The minimum Gasteiger partial charge on any atom is -0.473 e. The molecular weight excluding hydrogens is 438 g/mol. The van der Waals surface area contributed by atoms with Crippen molar-refractivity contribution < 1.29 is 9.47 Å². The molecule has 3 aromatic carbocycles. The third kappa shape index (κ3) is 5.08. The highest BCUT2D eigenvalue weighted by molar-refractivity contribution is 9.10. The normalized spacial score (nSPS) is 10.6. The summed E-state index contributed by atoms with van der Waals surface area (Å²) < 4.78 is 13.1. The fourth-order valence-corrected chi connectivity index (χ4v) is 3.52. The summed E-state index contributed by atoms with van der Waals surface area (Å²) in [6, 6.07) is 30.3. The minimum atomic E-state index is 0.441. The van der Waals surface area contributed by atoms with E-state index in [1.54, 1.807) is 0 Å². The van der Waals surface area contributed by atoms with Gasteiger partial charge in [-0.3, -0.25) is 0 Å². The standard InChI is InChI=1S/C26H22BrNO2/c1-19-12-13-22(27)16-24(19)23-14-15-25(29-17-20-8-4-2-5-9-20)28-26(23)30-18-21-10-6-3-7-11-21/h2-16H,17-18H2,1H3. The number of hydrogen-bond donors (Lipinski definition) is 0. The zero-order chi connectivity index (χ0) is 20.8. The highest BCUT2D eigenvalue weighted by atomic mass is 79.9. The summed E-state index contributed by atoms with van der Waals surface area (Å²) in [7, 11) is 0. The van der Waals surface area contributed by atoms with E-state index in [2.05, 4.69) is 35.0 Å². The third-order valence-corrected chi connectivity index (χ3v) is 5.27. The maximum absolute atomic E-state index is 6.16. The maximum atomic E-state index is 6.16. The van der Waals surface area contributed by atoms with Gasteiger partial charge in [-0.1, -0.05) is 82.7 Å². The smallest absolute Gasteiger partial charge is 0.225 e. The summed E-state index contributed by atoms with van der Waals surface area (Å²) >= 11 is 3.57. The molecule has 3 nitrogen and oxygen atoms in total. The number of aromatic nitrogens is 1. The van der Waals surface area contributed by atoms with E-state index < -0.39 is 0 Å². The second-order valence-electron chi connectivity index (χ2n) is 7.01. The quantitative estimate of drug-likeness (QED) is 0.298. The number of aryl methyl sites for hydroxylation is 1. The van der Waals surface area contributed by atoms with Crippen LogP contribution in [0.15, 0.2) is 95.5 Å². The van der Waals surface area contributed by atoms with Crippen molar-refractivity contribution in [1.82, 2.24) is 4.98 Å². The van der Waals surface area contributed by atoms with Crippen LogP contribution < -0.4 is 9.47 Å². The van der Waals surface area contributed by atoms with Gasteiger partial charge in [0.05, 0.1) is 0 Å². The van der Waals surface area contributed by atoms with Crippen molar-refractivity contribution in [3.05, 3.63) is 112 Å². The van der Waals surface area contributed by atoms with Crippen LogP contribution in [0.4, 0.5) is 0 Å². The molecule has 4 heteroatoms. The molecule has 1 aromatic heterocycles. The van der Waals surface area contributed by atoms with Crippen molar-refractivity contribution in [3.8, 4) is 22.9 Å². The van der Waals surface area contributed by atoms with E-state index in [0.717, 1.165) is 32.3 Å². The average Bonchev–Trinajstić information content (AvgIpc) is 2.79. The van der Waals surface area contributed by atoms with E-state index in [0.29, 0.717) is 25.0 Å². The Morgan fingerprint density at radius 3 is 2.00 bits per heavy atom. The predicted octanol–water partition coefficient (Wildman–Crippen LogP) is 6.98. The van der Waals surface area contributed by atoms with Crippen LogP contribution in [0.25, 0.3) is 11.1 Å². The van der Waals surface area contributed by atoms with Gasteiger partial charge in [0, 0.05) is 16.1 Å². The van der Waals surface area contributed by atoms with Gasteiger partial charge in [0.15, 0.2) is 0 Å². The maximum Gasteiger partial charge on any atom is 0.225 e. The summed E-state index contributed by atoms with van der Waals surface area (Å²) in [5.41, 5.74) is 5.36. The Bertz CT molecular complexity index is 1110. The van der Waals surface area contributed by atoms with Crippen LogP contribution in [-0.2, 0) is 13.2 Å². The van der Waals surface area contributed by atoms with E-state index in [9.17, 15) is 0 Å². The molecule has 0 unspecified atom stereocenters. The monoisotopic (exact) mass is 459 g/mol. The first-order valence-electron chi connectivity index (χ1n) is 9.80. The lowest BCUT2D eigenvalue weighted by molar-refractivity contribution is 0.268. The molecule has 1 heterocycles. The van der Waals surface area contributed by atoms with Gasteiger partial charge < -0.3 is 9.47 Å². The topological polar surface area (TPSA) is 31.4 Å². The first-order valence-corrected chi connectivity index (χ1v) is 10.6. The fraction of sp³-hybridized carbons (Fsp3) is 0.115. The zero-order valence-corrected chi connectivity index (χ0v) is 18.3. The minimum absolute atomic E-state index is 0.441. The summed E-state index contributed by atoms with van der Waals surface area (Å²) in [4.78, 5) is 4.69. The van der Waals surface area contributed by atoms with Gasteiger partial charge in [-0.15, -0.1) is 0 Å². The van der Waals surface area contributed by atoms with Crippen LogP contribution in [-0.4, -0.2) is 4.98 Å². The number of rotatable bonds is 7. The van der Waals surface area contributed by atoms with Crippen LogP contribution in [0.5, 0.6) is 11.8 Å². The second kappa shape index (κ2) is 9.59. The molecular formula is C26H22BrNO2. The molecule has 0 N–H and O–H groups in total. The molecule has 0 atom stereocenters. The molecule has 0 aliphatic heterocycles. The van der Waals surface area contributed by atoms with Crippen molar-refractivity contribution in [2.24, 2.45) is 0 Å².